The molecule has 1 aliphatic rings. The van der Waals surface area contributed by atoms with Crippen LogP contribution in [0.3, 0.4) is 0 Å². The minimum atomic E-state index is -0.316. The second-order valence-corrected chi connectivity index (χ2v) is 7.02. The van der Waals surface area contributed by atoms with E-state index in [0.29, 0.717) is 30.2 Å². The summed E-state index contributed by atoms with van der Waals surface area (Å²) in [5.74, 6) is 1.20. The average molecular weight is 382 g/mol. The Morgan fingerprint density at radius 2 is 2.18 bits per heavy atom. The molecule has 3 heterocycles. The molecule has 1 fully saturated rings. The Morgan fingerprint density at radius 1 is 1.32 bits per heavy atom. The third kappa shape index (κ3) is 3.57. The summed E-state index contributed by atoms with van der Waals surface area (Å²) in [5, 5.41) is 7.59. The normalized spacial score (nSPS) is 17.7. The van der Waals surface area contributed by atoms with Crippen molar-refractivity contribution in [1.29, 1.82) is 0 Å². The van der Waals surface area contributed by atoms with Crippen molar-refractivity contribution < 1.29 is 13.6 Å². The van der Waals surface area contributed by atoms with Crippen LogP contribution in [-0.2, 0) is 11.3 Å². The van der Waals surface area contributed by atoms with Gasteiger partial charge in [-0.15, -0.1) is 0 Å². The molecule has 146 valence electrons. The third-order valence-corrected chi connectivity index (χ3v) is 5.04. The van der Waals surface area contributed by atoms with E-state index in [1.54, 1.807) is 16.8 Å². The van der Waals surface area contributed by atoms with Crippen molar-refractivity contribution in [2.45, 2.75) is 32.9 Å². The molecule has 1 aromatic carbocycles. The van der Waals surface area contributed by atoms with Crippen LogP contribution >= 0.6 is 0 Å². The molecular weight excluding hydrogens is 359 g/mol. The predicted molar refractivity (Wildman–Crippen MR) is 103 cm³/mol. The summed E-state index contributed by atoms with van der Waals surface area (Å²) >= 11 is 0. The minimum Gasteiger partial charge on any atom is -0.460 e. The fraction of sp³-hybridized carbons (Fsp3) is 0.333. The van der Waals surface area contributed by atoms with Gasteiger partial charge in [0.1, 0.15) is 17.3 Å². The molecule has 1 aliphatic heterocycles. The Hall–Kier alpha value is -2.93. The number of rotatable bonds is 5. The van der Waals surface area contributed by atoms with E-state index in [1.165, 1.54) is 12.1 Å². The van der Waals surface area contributed by atoms with Crippen LogP contribution in [0.15, 0.2) is 47.0 Å². The van der Waals surface area contributed by atoms with Gasteiger partial charge in [-0.25, -0.2) is 9.07 Å². The Morgan fingerprint density at radius 3 is 2.89 bits per heavy atom. The first kappa shape index (κ1) is 18.4. The van der Waals surface area contributed by atoms with E-state index in [-0.39, 0.29) is 17.8 Å². The van der Waals surface area contributed by atoms with Crippen LogP contribution in [0.25, 0.3) is 17.1 Å². The number of carbonyl (C=O) groups is 1. The number of furan rings is 1. The van der Waals surface area contributed by atoms with Crippen LogP contribution in [0.2, 0.25) is 0 Å². The van der Waals surface area contributed by atoms with Gasteiger partial charge in [0.15, 0.2) is 5.76 Å². The lowest BCUT2D eigenvalue weighted by molar-refractivity contribution is -0.129. The molecule has 1 N–H and O–H groups in total. The molecule has 2 aromatic heterocycles. The number of hydrogen-bond donors (Lipinski definition) is 1. The van der Waals surface area contributed by atoms with Crippen LogP contribution in [0, 0.1) is 12.7 Å². The van der Waals surface area contributed by atoms with Crippen LogP contribution in [0.4, 0.5) is 4.39 Å². The zero-order chi connectivity index (χ0) is 19.7. The maximum Gasteiger partial charge on any atom is 0.237 e. The summed E-state index contributed by atoms with van der Waals surface area (Å²) in [6.45, 7) is 5.86. The molecule has 1 atom stereocenters. The molecule has 1 saturated heterocycles. The summed E-state index contributed by atoms with van der Waals surface area (Å²) in [4.78, 5) is 14.4. The topological polar surface area (TPSA) is 63.3 Å². The zero-order valence-corrected chi connectivity index (χ0v) is 16.0. The summed E-state index contributed by atoms with van der Waals surface area (Å²) in [6, 6.07) is 9.92. The number of nitrogens with zero attached hydrogens (tertiary/aromatic N) is 3. The Kier molecular flexibility index (Phi) is 5.00. The smallest absolute Gasteiger partial charge is 0.237 e. The van der Waals surface area contributed by atoms with Crippen molar-refractivity contribution in [3.8, 4) is 17.1 Å². The molecule has 1 amide bonds. The van der Waals surface area contributed by atoms with Crippen molar-refractivity contribution >= 4 is 5.91 Å². The maximum absolute atomic E-state index is 13.7. The molecule has 0 saturated carbocycles. The van der Waals surface area contributed by atoms with Gasteiger partial charge >= 0.3 is 0 Å². The fourth-order valence-electron chi connectivity index (χ4n) is 3.66. The number of halogens is 1. The summed E-state index contributed by atoms with van der Waals surface area (Å²) in [6.07, 6.45) is 2.63. The van der Waals surface area contributed by atoms with Gasteiger partial charge in [0, 0.05) is 31.4 Å². The molecule has 7 heteroatoms. The van der Waals surface area contributed by atoms with Crippen molar-refractivity contribution in [2.75, 3.05) is 13.1 Å². The molecule has 6 nitrogen and oxygen atoms in total. The largest absolute Gasteiger partial charge is 0.460 e. The van der Waals surface area contributed by atoms with Gasteiger partial charge in [0.2, 0.25) is 5.91 Å². The first-order valence-electron chi connectivity index (χ1n) is 9.48. The average Bonchev–Trinajstić information content (AvgIpc) is 3.28. The molecule has 3 aromatic rings. The van der Waals surface area contributed by atoms with E-state index in [2.05, 4.69) is 15.3 Å². The van der Waals surface area contributed by atoms with Crippen molar-refractivity contribution in [3.05, 3.63) is 59.7 Å². The summed E-state index contributed by atoms with van der Waals surface area (Å²) in [5.41, 5.74) is 2.28. The molecule has 0 spiro atoms. The highest BCUT2D eigenvalue weighted by Gasteiger charge is 2.29. The highest BCUT2D eigenvalue weighted by atomic mass is 19.1. The zero-order valence-electron chi connectivity index (χ0n) is 16.0. The number of aromatic nitrogens is 2. The van der Waals surface area contributed by atoms with Gasteiger partial charge in [-0.05, 0) is 43.7 Å². The quantitative estimate of drug-likeness (QED) is 0.736. The summed E-state index contributed by atoms with van der Waals surface area (Å²) in [7, 11) is 0. The number of aryl methyl sites for hydroxylation is 1. The van der Waals surface area contributed by atoms with Crippen molar-refractivity contribution in [3.63, 3.8) is 0 Å². The number of amides is 1. The second kappa shape index (κ2) is 7.59. The van der Waals surface area contributed by atoms with Crippen LogP contribution in [-0.4, -0.2) is 39.7 Å². The third-order valence-electron chi connectivity index (χ3n) is 5.04. The van der Waals surface area contributed by atoms with Crippen LogP contribution < -0.4 is 5.32 Å². The number of nitrogens with one attached hydrogen (secondary N) is 1. The van der Waals surface area contributed by atoms with Gasteiger partial charge in [-0.3, -0.25) is 9.69 Å². The predicted octanol–water partition coefficient (Wildman–Crippen LogP) is 3.29. The second-order valence-electron chi connectivity index (χ2n) is 7.02. The highest BCUT2D eigenvalue weighted by Crippen LogP contribution is 2.28. The van der Waals surface area contributed by atoms with Gasteiger partial charge in [0.05, 0.1) is 11.7 Å². The lowest BCUT2D eigenvalue weighted by atomic mass is 10.1. The van der Waals surface area contributed by atoms with E-state index in [9.17, 15) is 9.18 Å². The highest BCUT2D eigenvalue weighted by molar-refractivity contribution is 5.82. The van der Waals surface area contributed by atoms with Gasteiger partial charge < -0.3 is 9.73 Å². The van der Waals surface area contributed by atoms with E-state index < -0.39 is 0 Å². The van der Waals surface area contributed by atoms with Gasteiger partial charge in [-0.2, -0.15) is 5.10 Å². The van der Waals surface area contributed by atoms with Crippen molar-refractivity contribution in [1.82, 2.24) is 20.0 Å². The number of piperazine rings is 1. The van der Waals surface area contributed by atoms with Crippen LogP contribution in [0.1, 0.15) is 24.7 Å². The summed E-state index contributed by atoms with van der Waals surface area (Å²) < 4.78 is 21.1. The lowest BCUT2D eigenvalue weighted by Gasteiger charge is -2.34. The van der Waals surface area contributed by atoms with Crippen LogP contribution in [0.5, 0.6) is 0 Å². The molecule has 0 bridgehead atoms. The Bertz CT molecular complexity index is 994. The van der Waals surface area contributed by atoms with Gasteiger partial charge in [-0.1, -0.05) is 13.0 Å². The number of carbonyl (C=O) groups excluding carboxylic acids is 1. The minimum absolute atomic E-state index is 0.0571. The number of hydrogen-bond acceptors (Lipinski definition) is 4. The Labute approximate surface area is 162 Å². The molecule has 1 unspecified atom stereocenters. The lowest BCUT2D eigenvalue weighted by Crippen LogP contribution is -2.54. The maximum atomic E-state index is 13.7. The van der Waals surface area contributed by atoms with E-state index in [1.807, 2.05) is 32.2 Å². The van der Waals surface area contributed by atoms with Gasteiger partial charge in [0.25, 0.3) is 0 Å². The Balaban J connectivity index is 1.73. The van der Waals surface area contributed by atoms with E-state index in [4.69, 9.17) is 4.42 Å². The molecule has 4 rings (SSSR count). The monoisotopic (exact) mass is 382 g/mol. The van der Waals surface area contributed by atoms with Crippen molar-refractivity contribution in [2.24, 2.45) is 0 Å². The fourth-order valence-corrected chi connectivity index (χ4v) is 3.66. The first-order chi connectivity index (χ1) is 13.5. The van der Waals surface area contributed by atoms with E-state index >= 15 is 0 Å². The SMILES string of the molecule is CCC1C(=O)NCCN1Cc1cn(-c2cccc(F)c2)nc1-c1ccc(C)o1. The first-order valence-corrected chi connectivity index (χ1v) is 9.48. The standard InChI is InChI=1S/C21H23FN4O2/c1-3-18-21(27)23-9-10-25(18)12-15-13-26(17-6-4-5-16(22)11-17)24-20(15)19-8-7-14(2)28-19/h4-8,11,13,18H,3,9-10,12H2,1-2H3,(H,23,27). The van der Waals surface area contributed by atoms with E-state index in [0.717, 1.165) is 24.3 Å². The number of benzene rings is 1. The molecule has 0 radical (unpaired) electrons. The molecule has 0 aliphatic carbocycles. The molecule has 28 heavy (non-hydrogen) atoms. The molecular formula is C21H23FN4O2.